The van der Waals surface area contributed by atoms with Gasteiger partial charge in [-0.1, -0.05) is 0 Å². The lowest BCUT2D eigenvalue weighted by Gasteiger charge is -2.15. The standard InChI is InChI=1S/C12H14N2O5/c1-6-2-10(15)7(3-13-6)11(16)14-9-5-19-4-8(9)12(17)18/h2-3,8-9H,4-5H2,1H3,(H,13,15)(H,14,16)(H,17,18). The highest BCUT2D eigenvalue weighted by atomic mass is 16.5. The summed E-state index contributed by atoms with van der Waals surface area (Å²) in [5, 5.41) is 11.5. The molecule has 1 aliphatic rings. The molecule has 1 fully saturated rings. The first-order valence-corrected chi connectivity index (χ1v) is 5.80. The van der Waals surface area contributed by atoms with Crippen molar-refractivity contribution in [3.63, 3.8) is 0 Å². The predicted molar refractivity (Wildman–Crippen MR) is 65.0 cm³/mol. The van der Waals surface area contributed by atoms with Gasteiger partial charge in [0.05, 0.1) is 19.3 Å². The molecule has 19 heavy (non-hydrogen) atoms. The molecular formula is C12H14N2O5. The summed E-state index contributed by atoms with van der Waals surface area (Å²) >= 11 is 0. The fourth-order valence-corrected chi connectivity index (χ4v) is 1.94. The molecule has 0 aromatic carbocycles. The first-order chi connectivity index (χ1) is 8.99. The number of rotatable bonds is 3. The SMILES string of the molecule is Cc1cc(=O)c(C(=O)NC2COCC2C(=O)O)c[nH]1. The number of nitrogens with one attached hydrogen (secondary N) is 2. The number of aliphatic carboxylic acids is 1. The zero-order valence-corrected chi connectivity index (χ0v) is 10.3. The van der Waals surface area contributed by atoms with Crippen LogP contribution in [0.4, 0.5) is 0 Å². The normalized spacial score (nSPS) is 22.2. The molecule has 7 nitrogen and oxygen atoms in total. The van der Waals surface area contributed by atoms with Gasteiger partial charge in [0.25, 0.3) is 5.91 Å². The molecule has 0 radical (unpaired) electrons. The first kappa shape index (κ1) is 13.3. The van der Waals surface area contributed by atoms with Gasteiger partial charge in [0, 0.05) is 18.0 Å². The summed E-state index contributed by atoms with van der Waals surface area (Å²) in [6.07, 6.45) is 1.32. The molecule has 0 aliphatic carbocycles. The third kappa shape index (κ3) is 2.82. The largest absolute Gasteiger partial charge is 0.481 e. The second-order valence-electron chi connectivity index (χ2n) is 4.46. The van der Waals surface area contributed by atoms with E-state index in [1.54, 1.807) is 6.92 Å². The van der Waals surface area contributed by atoms with Crippen LogP contribution in [-0.4, -0.2) is 41.2 Å². The number of carbonyl (C=O) groups is 2. The Morgan fingerprint density at radius 2 is 2.21 bits per heavy atom. The number of aryl methyl sites for hydroxylation is 1. The van der Waals surface area contributed by atoms with Gasteiger partial charge in [0.1, 0.15) is 11.5 Å². The topological polar surface area (TPSA) is 108 Å². The van der Waals surface area contributed by atoms with E-state index in [1.807, 2.05) is 0 Å². The van der Waals surface area contributed by atoms with Gasteiger partial charge in [-0.25, -0.2) is 0 Å². The number of aromatic amines is 1. The summed E-state index contributed by atoms with van der Waals surface area (Å²) in [6.45, 7) is 1.89. The Labute approximate surface area is 108 Å². The number of carbonyl (C=O) groups excluding carboxylic acids is 1. The fourth-order valence-electron chi connectivity index (χ4n) is 1.94. The van der Waals surface area contributed by atoms with Crippen LogP contribution in [0.5, 0.6) is 0 Å². The van der Waals surface area contributed by atoms with Gasteiger partial charge in [0.2, 0.25) is 0 Å². The highest BCUT2D eigenvalue weighted by molar-refractivity contribution is 5.94. The van der Waals surface area contributed by atoms with Crippen molar-refractivity contribution >= 4 is 11.9 Å². The minimum atomic E-state index is -1.03. The van der Waals surface area contributed by atoms with E-state index in [1.165, 1.54) is 12.3 Å². The molecule has 2 rings (SSSR count). The number of aromatic nitrogens is 1. The van der Waals surface area contributed by atoms with E-state index in [4.69, 9.17) is 9.84 Å². The Morgan fingerprint density at radius 3 is 2.84 bits per heavy atom. The van der Waals surface area contributed by atoms with E-state index in [9.17, 15) is 14.4 Å². The number of carboxylic acid groups (broad SMARTS) is 1. The van der Waals surface area contributed by atoms with Crippen LogP contribution in [0.1, 0.15) is 16.1 Å². The summed E-state index contributed by atoms with van der Waals surface area (Å²) in [6, 6.07) is 0.695. The molecule has 1 saturated heterocycles. The maximum atomic E-state index is 11.9. The number of hydrogen-bond donors (Lipinski definition) is 3. The van der Waals surface area contributed by atoms with Crippen molar-refractivity contribution in [3.05, 3.63) is 33.7 Å². The minimum absolute atomic E-state index is 0.0401. The lowest BCUT2D eigenvalue weighted by Crippen LogP contribution is -2.43. The van der Waals surface area contributed by atoms with Crippen molar-refractivity contribution in [2.75, 3.05) is 13.2 Å². The van der Waals surface area contributed by atoms with Crippen LogP contribution in [0.15, 0.2) is 17.1 Å². The molecule has 3 N–H and O–H groups in total. The molecule has 2 unspecified atom stereocenters. The lowest BCUT2D eigenvalue weighted by atomic mass is 10.0. The van der Waals surface area contributed by atoms with Crippen LogP contribution in [0.3, 0.4) is 0 Å². The molecule has 0 saturated carbocycles. The highest BCUT2D eigenvalue weighted by Crippen LogP contribution is 2.14. The fraction of sp³-hybridized carbons (Fsp3) is 0.417. The van der Waals surface area contributed by atoms with Gasteiger partial charge in [-0.3, -0.25) is 14.4 Å². The van der Waals surface area contributed by atoms with Crippen molar-refractivity contribution in [1.29, 1.82) is 0 Å². The quantitative estimate of drug-likeness (QED) is 0.684. The molecule has 1 aromatic heterocycles. The third-order valence-corrected chi connectivity index (χ3v) is 3.02. The van der Waals surface area contributed by atoms with E-state index in [2.05, 4.69) is 10.3 Å². The number of H-pyrrole nitrogens is 1. The molecule has 1 amide bonds. The van der Waals surface area contributed by atoms with Crippen LogP contribution >= 0.6 is 0 Å². The molecule has 7 heteroatoms. The Bertz CT molecular complexity index is 565. The van der Waals surface area contributed by atoms with E-state index < -0.39 is 29.3 Å². The van der Waals surface area contributed by atoms with Crippen molar-refractivity contribution in [2.24, 2.45) is 5.92 Å². The van der Waals surface area contributed by atoms with E-state index in [-0.39, 0.29) is 18.8 Å². The minimum Gasteiger partial charge on any atom is -0.481 e. The van der Waals surface area contributed by atoms with Gasteiger partial charge in [0.15, 0.2) is 5.43 Å². The Balaban J connectivity index is 2.13. The third-order valence-electron chi connectivity index (χ3n) is 3.02. The molecule has 2 atom stereocenters. The molecule has 102 valence electrons. The van der Waals surface area contributed by atoms with Gasteiger partial charge >= 0.3 is 5.97 Å². The average molecular weight is 266 g/mol. The molecular weight excluding hydrogens is 252 g/mol. The van der Waals surface area contributed by atoms with Crippen LogP contribution in [0.2, 0.25) is 0 Å². The Morgan fingerprint density at radius 1 is 1.47 bits per heavy atom. The van der Waals surface area contributed by atoms with Crippen LogP contribution in [0.25, 0.3) is 0 Å². The second-order valence-corrected chi connectivity index (χ2v) is 4.46. The molecule has 1 aliphatic heterocycles. The lowest BCUT2D eigenvalue weighted by molar-refractivity contribution is -0.142. The van der Waals surface area contributed by atoms with Gasteiger partial charge in [-0.2, -0.15) is 0 Å². The number of carboxylic acids is 1. The van der Waals surface area contributed by atoms with Gasteiger partial charge < -0.3 is 20.1 Å². The molecule has 0 bridgehead atoms. The number of pyridine rings is 1. The Kier molecular flexibility index (Phi) is 3.66. The Hall–Kier alpha value is -2.15. The molecule has 1 aromatic rings. The average Bonchev–Trinajstić information content (AvgIpc) is 2.76. The van der Waals surface area contributed by atoms with E-state index in [0.717, 1.165) is 0 Å². The zero-order chi connectivity index (χ0) is 14.0. The second kappa shape index (κ2) is 5.23. The number of ether oxygens (including phenoxy) is 1. The summed E-state index contributed by atoms with van der Waals surface area (Å²) in [5.74, 6) is -2.41. The maximum Gasteiger partial charge on any atom is 0.311 e. The van der Waals surface area contributed by atoms with Gasteiger partial charge in [-0.15, -0.1) is 0 Å². The van der Waals surface area contributed by atoms with Gasteiger partial charge in [-0.05, 0) is 6.92 Å². The highest BCUT2D eigenvalue weighted by Gasteiger charge is 2.35. The summed E-state index contributed by atoms with van der Waals surface area (Å²) in [4.78, 5) is 37.3. The molecule has 0 spiro atoms. The van der Waals surface area contributed by atoms with Crippen LogP contribution in [-0.2, 0) is 9.53 Å². The maximum absolute atomic E-state index is 11.9. The predicted octanol–water partition coefficient (Wildman–Crippen LogP) is -0.487. The van der Waals surface area contributed by atoms with Crippen LogP contribution < -0.4 is 10.7 Å². The van der Waals surface area contributed by atoms with Crippen molar-refractivity contribution in [2.45, 2.75) is 13.0 Å². The number of amides is 1. The molecule has 2 heterocycles. The summed E-state index contributed by atoms with van der Waals surface area (Å²) in [5.41, 5.74) is 0.204. The summed E-state index contributed by atoms with van der Waals surface area (Å²) in [7, 11) is 0. The smallest absolute Gasteiger partial charge is 0.311 e. The van der Waals surface area contributed by atoms with E-state index in [0.29, 0.717) is 5.69 Å². The van der Waals surface area contributed by atoms with Crippen LogP contribution in [0, 0.1) is 12.8 Å². The summed E-state index contributed by atoms with van der Waals surface area (Å²) < 4.78 is 5.04. The van der Waals surface area contributed by atoms with Crippen molar-refractivity contribution in [1.82, 2.24) is 10.3 Å². The van der Waals surface area contributed by atoms with Crippen molar-refractivity contribution in [3.8, 4) is 0 Å². The van der Waals surface area contributed by atoms with Crippen molar-refractivity contribution < 1.29 is 19.4 Å². The monoisotopic (exact) mass is 266 g/mol. The number of hydrogen-bond acceptors (Lipinski definition) is 4. The van der Waals surface area contributed by atoms with E-state index >= 15 is 0 Å². The first-order valence-electron chi connectivity index (χ1n) is 5.80. The zero-order valence-electron chi connectivity index (χ0n) is 10.3.